The maximum Gasteiger partial charge on any atom is 0.416 e. The van der Waals surface area contributed by atoms with Crippen molar-refractivity contribution in [1.29, 1.82) is 0 Å². The van der Waals surface area contributed by atoms with Crippen molar-refractivity contribution in [3.8, 4) is 22.8 Å². The SMILES string of the molecule is COc1cc2c(-c3ccc(C(C(N)=O)c4ccc(C(F)(F)F)cc4)cc3)ncnc2cc1OCC1CCN(C)CC1. The Morgan fingerprint density at radius 2 is 1.63 bits per heavy atom. The molecule has 2 N–H and O–H groups in total. The van der Waals surface area contributed by atoms with Gasteiger partial charge in [0.25, 0.3) is 0 Å². The minimum atomic E-state index is -4.47. The van der Waals surface area contributed by atoms with Gasteiger partial charge in [0.2, 0.25) is 5.91 Å². The molecule has 1 amide bonds. The van der Waals surface area contributed by atoms with Gasteiger partial charge >= 0.3 is 6.18 Å². The van der Waals surface area contributed by atoms with Gasteiger partial charge in [-0.3, -0.25) is 4.79 Å². The molecule has 1 atom stereocenters. The Morgan fingerprint density at radius 3 is 2.22 bits per heavy atom. The summed E-state index contributed by atoms with van der Waals surface area (Å²) in [6.45, 7) is 2.72. The number of fused-ring (bicyclic) bond motifs is 1. The number of alkyl halides is 3. The van der Waals surface area contributed by atoms with Crippen LogP contribution in [0.1, 0.15) is 35.4 Å². The van der Waals surface area contributed by atoms with E-state index in [9.17, 15) is 18.0 Å². The van der Waals surface area contributed by atoms with Crippen LogP contribution < -0.4 is 15.2 Å². The van der Waals surface area contributed by atoms with E-state index >= 15 is 0 Å². The Hall–Kier alpha value is -4.18. The summed E-state index contributed by atoms with van der Waals surface area (Å²) in [4.78, 5) is 23.6. The highest BCUT2D eigenvalue weighted by Crippen LogP contribution is 2.37. The first-order valence-electron chi connectivity index (χ1n) is 13.3. The van der Waals surface area contributed by atoms with Crippen LogP contribution in [0.25, 0.3) is 22.2 Å². The van der Waals surface area contributed by atoms with E-state index in [1.165, 1.54) is 18.5 Å². The van der Waals surface area contributed by atoms with Crippen molar-refractivity contribution in [2.45, 2.75) is 24.9 Å². The van der Waals surface area contributed by atoms with Crippen LogP contribution in [0.3, 0.4) is 0 Å². The third-order valence-corrected chi connectivity index (χ3v) is 7.61. The lowest BCUT2D eigenvalue weighted by atomic mass is 9.89. The highest BCUT2D eigenvalue weighted by molar-refractivity contribution is 5.94. The van der Waals surface area contributed by atoms with Crippen LogP contribution in [-0.2, 0) is 11.0 Å². The molecular formula is C31H31F3N4O3. The number of nitrogens with zero attached hydrogens (tertiary/aromatic N) is 3. The third-order valence-electron chi connectivity index (χ3n) is 7.61. The molecule has 2 heterocycles. The van der Waals surface area contributed by atoms with Gasteiger partial charge in [-0.25, -0.2) is 9.97 Å². The molecule has 214 valence electrons. The van der Waals surface area contributed by atoms with Gasteiger partial charge in [0.15, 0.2) is 11.5 Å². The fourth-order valence-corrected chi connectivity index (χ4v) is 5.22. The van der Waals surface area contributed by atoms with Gasteiger partial charge in [-0.1, -0.05) is 36.4 Å². The van der Waals surface area contributed by atoms with Gasteiger partial charge in [0.05, 0.1) is 36.4 Å². The average molecular weight is 565 g/mol. The van der Waals surface area contributed by atoms with Crippen molar-refractivity contribution >= 4 is 16.8 Å². The molecule has 3 aromatic carbocycles. The molecule has 5 rings (SSSR count). The number of nitrogens with two attached hydrogens (primary N) is 1. The smallest absolute Gasteiger partial charge is 0.416 e. The second kappa shape index (κ2) is 11.7. The van der Waals surface area contributed by atoms with Crippen LogP contribution in [0.5, 0.6) is 11.5 Å². The summed E-state index contributed by atoms with van der Waals surface area (Å²) in [5.41, 5.74) is 7.92. The molecule has 1 saturated heterocycles. The summed E-state index contributed by atoms with van der Waals surface area (Å²) < 4.78 is 50.8. The van der Waals surface area contributed by atoms with Gasteiger partial charge < -0.3 is 20.1 Å². The molecule has 7 nitrogen and oxygen atoms in total. The fourth-order valence-electron chi connectivity index (χ4n) is 5.22. The van der Waals surface area contributed by atoms with E-state index in [0.29, 0.717) is 46.4 Å². The number of ether oxygens (including phenoxy) is 2. The molecule has 41 heavy (non-hydrogen) atoms. The lowest BCUT2D eigenvalue weighted by Gasteiger charge is -2.28. The summed E-state index contributed by atoms with van der Waals surface area (Å²) in [5.74, 6) is 0.118. The van der Waals surface area contributed by atoms with Gasteiger partial charge in [0, 0.05) is 17.0 Å². The number of benzene rings is 3. The molecule has 0 spiro atoms. The summed E-state index contributed by atoms with van der Waals surface area (Å²) in [6, 6.07) is 15.2. The summed E-state index contributed by atoms with van der Waals surface area (Å²) >= 11 is 0. The zero-order valence-electron chi connectivity index (χ0n) is 22.8. The standard InChI is InChI=1S/C31H31F3N4O3/c1-38-13-11-19(12-14-38)17-41-27-16-25-24(15-26(27)40-2)29(37-18-36-25)22-5-3-20(4-6-22)28(30(35)39)21-7-9-23(10-8-21)31(32,33)34/h3-10,15-16,18-19,28H,11-14,17H2,1-2H3,(H2,35,39). The van der Waals surface area contributed by atoms with E-state index < -0.39 is 23.6 Å². The predicted octanol–water partition coefficient (Wildman–Crippen LogP) is 5.66. The molecule has 1 aliphatic rings. The van der Waals surface area contributed by atoms with E-state index in [4.69, 9.17) is 15.2 Å². The van der Waals surface area contributed by atoms with Crippen molar-refractivity contribution in [1.82, 2.24) is 14.9 Å². The Labute approximate surface area is 236 Å². The van der Waals surface area contributed by atoms with Crippen LogP contribution in [0.2, 0.25) is 0 Å². The van der Waals surface area contributed by atoms with Crippen LogP contribution in [0.15, 0.2) is 67.0 Å². The highest BCUT2D eigenvalue weighted by Gasteiger charge is 2.31. The Morgan fingerprint density at radius 1 is 1.00 bits per heavy atom. The van der Waals surface area contributed by atoms with Gasteiger partial charge in [-0.15, -0.1) is 0 Å². The van der Waals surface area contributed by atoms with Crippen molar-refractivity contribution in [2.24, 2.45) is 11.7 Å². The maximum atomic E-state index is 13.0. The molecule has 4 aromatic rings. The zero-order chi connectivity index (χ0) is 29.1. The number of hydrogen-bond donors (Lipinski definition) is 1. The van der Waals surface area contributed by atoms with E-state index in [2.05, 4.69) is 21.9 Å². The number of methoxy groups -OCH3 is 1. The normalized spacial score (nSPS) is 15.5. The van der Waals surface area contributed by atoms with Gasteiger partial charge in [0.1, 0.15) is 6.33 Å². The molecule has 1 fully saturated rings. The van der Waals surface area contributed by atoms with E-state index in [-0.39, 0.29) is 0 Å². The predicted molar refractivity (Wildman–Crippen MR) is 150 cm³/mol. The quantitative estimate of drug-likeness (QED) is 0.297. The number of piperidine rings is 1. The minimum absolute atomic E-state index is 0.378. The average Bonchev–Trinajstić information content (AvgIpc) is 2.96. The third kappa shape index (κ3) is 6.27. The molecular weight excluding hydrogens is 533 g/mol. The van der Waals surface area contributed by atoms with E-state index in [0.717, 1.165) is 49.0 Å². The first kappa shape index (κ1) is 28.4. The summed E-state index contributed by atoms with van der Waals surface area (Å²) in [5, 5.41) is 0.762. The largest absolute Gasteiger partial charge is 0.493 e. The molecule has 0 radical (unpaired) electrons. The maximum absolute atomic E-state index is 13.0. The van der Waals surface area contributed by atoms with Crippen molar-refractivity contribution in [2.75, 3.05) is 33.9 Å². The van der Waals surface area contributed by atoms with Crippen LogP contribution >= 0.6 is 0 Å². The van der Waals surface area contributed by atoms with Gasteiger partial charge in [-0.2, -0.15) is 13.2 Å². The molecule has 1 unspecified atom stereocenters. The Bertz CT molecular complexity index is 1520. The molecule has 1 aliphatic heterocycles. The van der Waals surface area contributed by atoms with Crippen molar-refractivity contribution in [3.05, 3.63) is 83.7 Å². The number of primary amides is 1. The lowest BCUT2D eigenvalue weighted by molar-refractivity contribution is -0.137. The number of amides is 1. The van der Waals surface area contributed by atoms with Crippen molar-refractivity contribution in [3.63, 3.8) is 0 Å². The Kier molecular flexibility index (Phi) is 8.12. The van der Waals surface area contributed by atoms with Crippen LogP contribution in [0.4, 0.5) is 13.2 Å². The summed E-state index contributed by atoms with van der Waals surface area (Å²) in [7, 11) is 3.72. The number of likely N-dealkylation sites (tertiary alicyclic amines) is 1. The summed E-state index contributed by atoms with van der Waals surface area (Å²) in [6.07, 6.45) is -0.813. The lowest BCUT2D eigenvalue weighted by Crippen LogP contribution is -2.32. The van der Waals surface area contributed by atoms with E-state index in [1.54, 1.807) is 31.4 Å². The fraction of sp³-hybridized carbons (Fsp3) is 0.323. The molecule has 10 heteroatoms. The monoisotopic (exact) mass is 564 g/mol. The zero-order valence-corrected chi connectivity index (χ0v) is 22.8. The van der Waals surface area contributed by atoms with Gasteiger partial charge in [-0.05, 0) is 68.2 Å². The number of carbonyl (C=O) groups is 1. The Balaban J connectivity index is 1.41. The highest BCUT2D eigenvalue weighted by atomic mass is 19.4. The first-order chi connectivity index (χ1) is 19.6. The molecule has 0 bridgehead atoms. The van der Waals surface area contributed by atoms with Crippen LogP contribution in [0, 0.1) is 5.92 Å². The van der Waals surface area contributed by atoms with Crippen LogP contribution in [-0.4, -0.2) is 54.6 Å². The minimum Gasteiger partial charge on any atom is -0.493 e. The van der Waals surface area contributed by atoms with Crippen molar-refractivity contribution < 1.29 is 27.4 Å². The second-order valence-electron chi connectivity index (χ2n) is 10.4. The second-order valence-corrected chi connectivity index (χ2v) is 10.4. The molecule has 0 saturated carbocycles. The molecule has 0 aliphatic carbocycles. The molecule has 1 aromatic heterocycles. The number of carbonyl (C=O) groups excluding carboxylic acids is 1. The number of halogens is 3. The number of aromatic nitrogens is 2. The topological polar surface area (TPSA) is 90.6 Å². The first-order valence-corrected chi connectivity index (χ1v) is 13.3. The van der Waals surface area contributed by atoms with E-state index in [1.807, 2.05) is 12.1 Å². The number of hydrogen-bond acceptors (Lipinski definition) is 6. The number of rotatable bonds is 8.